The van der Waals surface area contributed by atoms with Gasteiger partial charge in [-0.25, -0.2) is 0 Å². The SMILES string of the molecule is Cc1nnc(NC(=O)C2CCCN(C(=O)CCOc3ccccc3)C2)s1. The molecule has 2 amide bonds. The van der Waals surface area contributed by atoms with Gasteiger partial charge >= 0.3 is 0 Å². The molecule has 3 rings (SSSR count). The van der Waals surface area contributed by atoms with Crippen molar-refractivity contribution in [1.82, 2.24) is 15.1 Å². The molecule has 8 heteroatoms. The van der Waals surface area contributed by atoms with Gasteiger partial charge in [-0.1, -0.05) is 29.5 Å². The maximum Gasteiger partial charge on any atom is 0.231 e. The Morgan fingerprint density at radius 1 is 1.31 bits per heavy atom. The summed E-state index contributed by atoms with van der Waals surface area (Å²) >= 11 is 1.34. The number of hydrogen-bond acceptors (Lipinski definition) is 6. The fourth-order valence-electron chi connectivity index (χ4n) is 2.90. The summed E-state index contributed by atoms with van der Waals surface area (Å²) in [6, 6.07) is 9.43. The van der Waals surface area contributed by atoms with Gasteiger partial charge in [0, 0.05) is 13.1 Å². The molecule has 1 aliphatic heterocycles. The van der Waals surface area contributed by atoms with Crippen molar-refractivity contribution >= 4 is 28.3 Å². The van der Waals surface area contributed by atoms with E-state index in [0.29, 0.717) is 31.2 Å². The molecule has 1 saturated heterocycles. The Morgan fingerprint density at radius 3 is 2.85 bits per heavy atom. The van der Waals surface area contributed by atoms with Crippen LogP contribution in [0.2, 0.25) is 0 Å². The van der Waals surface area contributed by atoms with Gasteiger partial charge in [0.15, 0.2) is 0 Å². The lowest BCUT2D eigenvalue weighted by atomic mass is 9.97. The van der Waals surface area contributed by atoms with Crippen LogP contribution in [-0.4, -0.2) is 46.6 Å². The fourth-order valence-corrected chi connectivity index (χ4v) is 3.50. The second-order valence-corrected chi connectivity index (χ2v) is 7.39. The highest BCUT2D eigenvalue weighted by Crippen LogP contribution is 2.21. The molecular weight excluding hydrogens is 352 g/mol. The Morgan fingerprint density at radius 2 is 2.12 bits per heavy atom. The van der Waals surface area contributed by atoms with Crippen LogP contribution in [0.4, 0.5) is 5.13 Å². The van der Waals surface area contributed by atoms with Crippen LogP contribution in [0.1, 0.15) is 24.3 Å². The third-order valence-electron chi connectivity index (χ3n) is 4.23. The number of nitrogens with zero attached hydrogens (tertiary/aromatic N) is 3. The number of piperidine rings is 1. The molecular formula is C18H22N4O3S. The minimum Gasteiger partial charge on any atom is -0.493 e. The average molecular weight is 374 g/mol. The number of aromatic nitrogens is 2. The minimum atomic E-state index is -0.216. The van der Waals surface area contributed by atoms with E-state index in [4.69, 9.17) is 4.74 Å². The number of carbonyl (C=O) groups excluding carboxylic acids is 2. The number of para-hydroxylation sites is 1. The van der Waals surface area contributed by atoms with Crippen LogP contribution in [-0.2, 0) is 9.59 Å². The first-order valence-electron chi connectivity index (χ1n) is 8.68. The predicted octanol–water partition coefficient (Wildman–Crippen LogP) is 2.49. The predicted molar refractivity (Wildman–Crippen MR) is 99.1 cm³/mol. The highest BCUT2D eigenvalue weighted by Gasteiger charge is 2.28. The van der Waals surface area contributed by atoms with Gasteiger partial charge < -0.3 is 15.0 Å². The summed E-state index contributed by atoms with van der Waals surface area (Å²) in [6.07, 6.45) is 1.89. The summed E-state index contributed by atoms with van der Waals surface area (Å²) < 4.78 is 5.58. The molecule has 1 aromatic heterocycles. The molecule has 1 unspecified atom stereocenters. The molecule has 2 aromatic rings. The van der Waals surface area contributed by atoms with Crippen LogP contribution in [0.3, 0.4) is 0 Å². The summed E-state index contributed by atoms with van der Waals surface area (Å²) in [7, 11) is 0. The van der Waals surface area contributed by atoms with Crippen LogP contribution in [0, 0.1) is 12.8 Å². The van der Waals surface area contributed by atoms with Crippen molar-refractivity contribution in [3.05, 3.63) is 35.3 Å². The Hall–Kier alpha value is -2.48. The third kappa shape index (κ3) is 5.01. The van der Waals surface area contributed by atoms with Crippen molar-refractivity contribution in [1.29, 1.82) is 0 Å². The molecule has 2 heterocycles. The Bertz CT molecular complexity index is 750. The lowest BCUT2D eigenvalue weighted by molar-refractivity contribution is -0.135. The number of carbonyl (C=O) groups is 2. The molecule has 7 nitrogen and oxygen atoms in total. The van der Waals surface area contributed by atoms with Crippen molar-refractivity contribution in [2.24, 2.45) is 5.92 Å². The van der Waals surface area contributed by atoms with E-state index in [9.17, 15) is 9.59 Å². The largest absolute Gasteiger partial charge is 0.493 e. The van der Waals surface area contributed by atoms with Gasteiger partial charge in [0.05, 0.1) is 18.9 Å². The van der Waals surface area contributed by atoms with Gasteiger partial charge in [0.25, 0.3) is 0 Å². The maximum atomic E-state index is 12.4. The van der Waals surface area contributed by atoms with Crippen LogP contribution in [0.15, 0.2) is 30.3 Å². The Balaban J connectivity index is 1.46. The second-order valence-electron chi connectivity index (χ2n) is 6.21. The number of benzene rings is 1. The van der Waals surface area contributed by atoms with E-state index in [0.717, 1.165) is 23.6 Å². The van der Waals surface area contributed by atoms with E-state index in [1.165, 1.54) is 11.3 Å². The normalized spacial score (nSPS) is 17.0. The zero-order valence-corrected chi connectivity index (χ0v) is 15.5. The highest BCUT2D eigenvalue weighted by atomic mass is 32.1. The number of hydrogen-bond donors (Lipinski definition) is 1. The molecule has 1 atom stereocenters. The molecule has 0 bridgehead atoms. The lowest BCUT2D eigenvalue weighted by Crippen LogP contribution is -2.44. The van der Waals surface area contributed by atoms with E-state index in [2.05, 4.69) is 15.5 Å². The van der Waals surface area contributed by atoms with Crippen molar-refractivity contribution < 1.29 is 14.3 Å². The minimum absolute atomic E-state index is 0.0187. The second kappa shape index (κ2) is 8.75. The molecule has 0 aliphatic carbocycles. The first kappa shape index (κ1) is 18.3. The fraction of sp³-hybridized carbons (Fsp3) is 0.444. The van der Waals surface area contributed by atoms with E-state index in [1.807, 2.05) is 37.3 Å². The van der Waals surface area contributed by atoms with Crippen LogP contribution in [0.25, 0.3) is 0 Å². The summed E-state index contributed by atoms with van der Waals surface area (Å²) in [5.41, 5.74) is 0. The standard InChI is InChI=1S/C18H22N4O3S/c1-13-20-21-18(26-13)19-17(24)14-6-5-10-22(12-14)16(23)9-11-25-15-7-3-2-4-8-15/h2-4,7-8,14H,5-6,9-12H2,1H3,(H,19,21,24). The Labute approximate surface area is 156 Å². The molecule has 1 N–H and O–H groups in total. The maximum absolute atomic E-state index is 12.4. The van der Waals surface area contributed by atoms with Gasteiger partial charge in [-0.15, -0.1) is 10.2 Å². The van der Waals surface area contributed by atoms with Crippen molar-refractivity contribution in [3.63, 3.8) is 0 Å². The number of anilines is 1. The van der Waals surface area contributed by atoms with Gasteiger partial charge in [-0.05, 0) is 31.9 Å². The molecule has 138 valence electrons. The molecule has 1 aliphatic rings. The van der Waals surface area contributed by atoms with E-state index in [-0.39, 0.29) is 17.7 Å². The van der Waals surface area contributed by atoms with Crippen molar-refractivity contribution in [2.75, 3.05) is 25.0 Å². The van der Waals surface area contributed by atoms with Crippen molar-refractivity contribution in [3.8, 4) is 5.75 Å². The number of likely N-dealkylation sites (tertiary alicyclic amines) is 1. The zero-order valence-electron chi connectivity index (χ0n) is 14.7. The van der Waals surface area contributed by atoms with Crippen LogP contribution < -0.4 is 10.1 Å². The smallest absolute Gasteiger partial charge is 0.231 e. The van der Waals surface area contributed by atoms with Crippen LogP contribution in [0.5, 0.6) is 5.75 Å². The summed E-state index contributed by atoms with van der Waals surface area (Å²) in [5.74, 6) is 0.458. The topological polar surface area (TPSA) is 84.4 Å². The number of ether oxygens (including phenoxy) is 1. The molecule has 0 spiro atoms. The third-order valence-corrected chi connectivity index (χ3v) is 4.98. The first-order valence-corrected chi connectivity index (χ1v) is 9.50. The van der Waals surface area contributed by atoms with Gasteiger partial charge in [0.2, 0.25) is 16.9 Å². The first-order chi connectivity index (χ1) is 12.6. The number of rotatable bonds is 6. The molecule has 0 saturated carbocycles. The van der Waals surface area contributed by atoms with Crippen LogP contribution >= 0.6 is 11.3 Å². The van der Waals surface area contributed by atoms with Gasteiger partial charge in [-0.2, -0.15) is 0 Å². The van der Waals surface area contributed by atoms with Gasteiger partial charge in [0.1, 0.15) is 10.8 Å². The molecule has 0 radical (unpaired) electrons. The lowest BCUT2D eigenvalue weighted by Gasteiger charge is -2.32. The number of aryl methyl sites for hydroxylation is 1. The van der Waals surface area contributed by atoms with Gasteiger partial charge in [-0.3, -0.25) is 9.59 Å². The Kier molecular flexibility index (Phi) is 6.17. The molecule has 1 fully saturated rings. The monoisotopic (exact) mass is 374 g/mol. The van der Waals surface area contributed by atoms with E-state index in [1.54, 1.807) is 4.90 Å². The van der Waals surface area contributed by atoms with E-state index >= 15 is 0 Å². The number of nitrogens with one attached hydrogen (secondary N) is 1. The van der Waals surface area contributed by atoms with E-state index < -0.39 is 0 Å². The molecule has 26 heavy (non-hydrogen) atoms. The summed E-state index contributed by atoms with van der Waals surface area (Å²) in [4.78, 5) is 26.6. The quantitative estimate of drug-likeness (QED) is 0.840. The summed E-state index contributed by atoms with van der Waals surface area (Å²) in [6.45, 7) is 3.30. The number of amides is 2. The van der Waals surface area contributed by atoms with Crippen molar-refractivity contribution in [2.45, 2.75) is 26.2 Å². The zero-order chi connectivity index (χ0) is 18.4. The molecule has 1 aromatic carbocycles. The summed E-state index contributed by atoms with van der Waals surface area (Å²) in [5, 5.41) is 11.9. The average Bonchev–Trinajstić information content (AvgIpc) is 3.07. The highest BCUT2D eigenvalue weighted by molar-refractivity contribution is 7.15.